The summed E-state index contributed by atoms with van der Waals surface area (Å²) in [5.41, 5.74) is -0.0532. The molecule has 2 aliphatic rings. The van der Waals surface area contributed by atoms with Crippen LogP contribution in [0.2, 0.25) is 10.0 Å². The summed E-state index contributed by atoms with van der Waals surface area (Å²) in [6, 6.07) is 9.06. The lowest BCUT2D eigenvalue weighted by Gasteiger charge is -2.31. The number of nitrogens with zero attached hydrogens (tertiary/aromatic N) is 1. The van der Waals surface area contributed by atoms with E-state index < -0.39 is 18.1 Å². The van der Waals surface area contributed by atoms with E-state index in [1.165, 1.54) is 18.2 Å². The molecule has 1 atom stereocenters. The van der Waals surface area contributed by atoms with E-state index in [0.29, 0.717) is 34.9 Å². The second kappa shape index (κ2) is 8.92. The van der Waals surface area contributed by atoms with Gasteiger partial charge in [0.25, 0.3) is 5.91 Å². The van der Waals surface area contributed by atoms with E-state index in [-0.39, 0.29) is 27.9 Å². The molecule has 1 N–H and O–H groups in total. The van der Waals surface area contributed by atoms with Crippen LogP contribution in [0.15, 0.2) is 41.4 Å². The third-order valence-electron chi connectivity index (χ3n) is 6.03. The van der Waals surface area contributed by atoms with Gasteiger partial charge in [-0.3, -0.25) is 9.79 Å². The molecule has 4 rings (SSSR count). The lowest BCUT2D eigenvalue weighted by molar-refractivity contribution is -0.183. The van der Waals surface area contributed by atoms with E-state index in [2.05, 4.69) is 10.3 Å². The van der Waals surface area contributed by atoms with Gasteiger partial charge in [-0.25, -0.2) is 0 Å². The Kier molecular flexibility index (Phi) is 6.54. The molecule has 0 radical (unpaired) electrons. The predicted molar refractivity (Wildman–Crippen MR) is 125 cm³/mol. The summed E-state index contributed by atoms with van der Waals surface area (Å²) < 4.78 is 42.8. The Morgan fingerprint density at radius 3 is 2.44 bits per heavy atom. The number of carbonyl (C=O) groups is 1. The zero-order valence-corrected chi connectivity index (χ0v) is 19.6. The van der Waals surface area contributed by atoms with Crippen LogP contribution in [-0.4, -0.2) is 42.4 Å². The fraction of sp³-hybridized carbons (Fsp3) is 0.391. The lowest BCUT2D eigenvalue weighted by Crippen LogP contribution is -2.43. The van der Waals surface area contributed by atoms with Gasteiger partial charge in [-0.2, -0.15) is 24.9 Å². The summed E-state index contributed by atoms with van der Waals surface area (Å²) in [5, 5.41) is 3.24. The third-order valence-corrected chi connectivity index (χ3v) is 7.88. The molecule has 2 aromatic rings. The Balaban J connectivity index is 1.57. The van der Waals surface area contributed by atoms with E-state index in [9.17, 15) is 18.0 Å². The van der Waals surface area contributed by atoms with E-state index >= 15 is 0 Å². The summed E-state index contributed by atoms with van der Waals surface area (Å²) in [5.74, 6) is 2.44. The average Bonchev–Trinajstić information content (AvgIpc) is 3.12. The minimum Gasteiger partial charge on any atom is -0.352 e. The van der Waals surface area contributed by atoms with Crippen LogP contribution in [0.4, 0.5) is 13.2 Å². The van der Waals surface area contributed by atoms with Gasteiger partial charge < -0.3 is 5.32 Å². The molecule has 0 aromatic heterocycles. The molecule has 0 bridgehead atoms. The van der Waals surface area contributed by atoms with Crippen molar-refractivity contribution in [3.63, 3.8) is 0 Å². The Labute approximate surface area is 198 Å². The number of benzene rings is 2. The molecule has 0 saturated carbocycles. The Morgan fingerprint density at radius 1 is 1.19 bits per heavy atom. The van der Waals surface area contributed by atoms with Crippen LogP contribution in [0, 0.1) is 12.8 Å². The second-order valence-corrected chi connectivity index (χ2v) is 10.3. The van der Waals surface area contributed by atoms with Gasteiger partial charge in [0.05, 0.1) is 6.54 Å². The Bertz CT molecular complexity index is 1070. The van der Waals surface area contributed by atoms with Crippen molar-refractivity contribution >= 4 is 46.6 Å². The summed E-state index contributed by atoms with van der Waals surface area (Å²) in [7, 11) is 0. The van der Waals surface area contributed by atoms with Crippen LogP contribution in [0.25, 0.3) is 0 Å². The zero-order chi connectivity index (χ0) is 23.1. The van der Waals surface area contributed by atoms with Gasteiger partial charge in [-0.05, 0) is 71.4 Å². The monoisotopic (exact) mass is 500 g/mol. The van der Waals surface area contributed by atoms with E-state index in [1.54, 1.807) is 25.1 Å². The molecular formula is C23H21Cl2F3N2OS. The number of nitrogens with one attached hydrogen (secondary N) is 1. The van der Waals surface area contributed by atoms with Crippen molar-refractivity contribution in [2.75, 3.05) is 24.6 Å². The van der Waals surface area contributed by atoms with Crippen molar-refractivity contribution in [3.05, 3.63) is 68.7 Å². The maximum atomic E-state index is 14.3. The van der Waals surface area contributed by atoms with E-state index in [4.69, 9.17) is 23.2 Å². The minimum absolute atomic E-state index is 0.00290. The molecule has 1 fully saturated rings. The van der Waals surface area contributed by atoms with Crippen molar-refractivity contribution in [1.82, 2.24) is 5.32 Å². The Morgan fingerprint density at radius 2 is 1.88 bits per heavy atom. The molecule has 2 heterocycles. The molecule has 0 spiro atoms. The molecule has 3 nitrogen and oxygen atoms in total. The first-order chi connectivity index (χ1) is 15.1. The normalized spacial score (nSPS) is 21.2. The quantitative estimate of drug-likeness (QED) is 0.539. The zero-order valence-electron chi connectivity index (χ0n) is 17.2. The standard InChI is InChI=1S/C23H21Cl2F3N2OS/c1-13-4-15(2-3-19(13)21(31)29-9-14-10-32-11-14)20-8-22(12-30-20,23(26,27)28)16-5-17(24)7-18(25)6-16/h2-7,14H,8-12H2,1H3,(H,29,31). The highest BCUT2D eigenvalue weighted by atomic mass is 35.5. The van der Waals surface area contributed by atoms with E-state index in [1.807, 2.05) is 11.8 Å². The van der Waals surface area contributed by atoms with Crippen LogP contribution < -0.4 is 5.32 Å². The highest BCUT2D eigenvalue weighted by molar-refractivity contribution is 8.00. The summed E-state index contributed by atoms with van der Waals surface area (Å²) in [6.07, 6.45) is -4.86. The summed E-state index contributed by atoms with van der Waals surface area (Å²) >= 11 is 13.8. The van der Waals surface area contributed by atoms with Crippen molar-refractivity contribution in [1.29, 1.82) is 0 Å². The van der Waals surface area contributed by atoms with E-state index in [0.717, 1.165) is 11.5 Å². The number of hydrogen-bond donors (Lipinski definition) is 1. The number of carbonyl (C=O) groups excluding carboxylic acids is 1. The summed E-state index contributed by atoms with van der Waals surface area (Å²) in [4.78, 5) is 16.8. The first-order valence-corrected chi connectivity index (χ1v) is 12.0. The first kappa shape index (κ1) is 23.5. The van der Waals surface area contributed by atoms with Gasteiger partial charge in [-0.15, -0.1) is 0 Å². The largest absolute Gasteiger partial charge is 0.400 e. The lowest BCUT2D eigenvalue weighted by atomic mass is 9.76. The number of alkyl halides is 3. The number of thioether (sulfide) groups is 1. The van der Waals surface area contributed by atoms with Crippen LogP contribution in [0.5, 0.6) is 0 Å². The van der Waals surface area contributed by atoms with Gasteiger partial charge in [0, 0.05) is 34.3 Å². The molecule has 2 aliphatic heterocycles. The maximum Gasteiger partial charge on any atom is 0.400 e. The first-order valence-electron chi connectivity index (χ1n) is 10.1. The topological polar surface area (TPSA) is 41.5 Å². The number of aryl methyl sites for hydroxylation is 1. The van der Waals surface area contributed by atoms with Gasteiger partial charge in [0.15, 0.2) is 0 Å². The predicted octanol–water partition coefficient (Wildman–Crippen LogP) is 6.09. The van der Waals surface area contributed by atoms with Gasteiger partial charge >= 0.3 is 6.18 Å². The van der Waals surface area contributed by atoms with Crippen molar-refractivity contribution in [2.24, 2.45) is 10.9 Å². The highest BCUT2D eigenvalue weighted by Gasteiger charge is 2.58. The van der Waals surface area contributed by atoms with Gasteiger partial charge in [-0.1, -0.05) is 29.3 Å². The maximum absolute atomic E-state index is 14.3. The number of rotatable bonds is 5. The second-order valence-electron chi connectivity index (χ2n) is 8.32. The number of hydrogen-bond acceptors (Lipinski definition) is 3. The van der Waals surface area contributed by atoms with Gasteiger partial charge in [0.2, 0.25) is 0 Å². The minimum atomic E-state index is -4.54. The molecule has 170 valence electrons. The fourth-order valence-electron chi connectivity index (χ4n) is 4.03. The third kappa shape index (κ3) is 4.52. The van der Waals surface area contributed by atoms with Crippen molar-refractivity contribution in [3.8, 4) is 0 Å². The number of aliphatic imine (C=N–C) groups is 1. The SMILES string of the molecule is Cc1cc(C2=NCC(c3cc(Cl)cc(Cl)c3)(C(F)(F)F)C2)ccc1C(=O)NCC1CSC1. The van der Waals surface area contributed by atoms with Crippen LogP contribution in [-0.2, 0) is 5.41 Å². The molecule has 1 unspecified atom stereocenters. The number of amides is 1. The number of halogens is 5. The average molecular weight is 501 g/mol. The van der Waals surface area contributed by atoms with Crippen molar-refractivity contribution in [2.45, 2.75) is 24.9 Å². The van der Waals surface area contributed by atoms with Gasteiger partial charge in [0.1, 0.15) is 5.41 Å². The van der Waals surface area contributed by atoms with Crippen molar-refractivity contribution < 1.29 is 18.0 Å². The fourth-order valence-corrected chi connectivity index (χ4v) is 5.36. The molecule has 9 heteroatoms. The van der Waals surface area contributed by atoms with Crippen LogP contribution >= 0.6 is 35.0 Å². The Hall–Kier alpha value is -1.70. The smallest absolute Gasteiger partial charge is 0.352 e. The molecule has 2 aromatic carbocycles. The molecule has 1 saturated heterocycles. The highest BCUT2D eigenvalue weighted by Crippen LogP contribution is 2.48. The molecule has 1 amide bonds. The molecule has 0 aliphatic carbocycles. The van der Waals surface area contributed by atoms with Crippen LogP contribution in [0.1, 0.15) is 33.5 Å². The molecule has 32 heavy (non-hydrogen) atoms. The summed E-state index contributed by atoms with van der Waals surface area (Å²) in [6.45, 7) is 1.97. The molecular weight excluding hydrogens is 480 g/mol. The van der Waals surface area contributed by atoms with Crippen LogP contribution in [0.3, 0.4) is 0 Å².